The highest BCUT2D eigenvalue weighted by Gasteiger charge is 2.17. The van der Waals surface area contributed by atoms with Crippen molar-refractivity contribution >= 4 is 5.69 Å². The number of hydrogen-bond acceptors (Lipinski definition) is 6. The van der Waals surface area contributed by atoms with Gasteiger partial charge in [0.15, 0.2) is 11.5 Å². The highest BCUT2D eigenvalue weighted by atomic mass is 16.6. The molecule has 0 fully saturated rings. The topological polar surface area (TPSA) is 98.3 Å². The Morgan fingerprint density at radius 1 is 1.35 bits per heavy atom. The Morgan fingerprint density at radius 3 is 2.74 bits per heavy atom. The van der Waals surface area contributed by atoms with E-state index in [9.17, 15) is 15.4 Å². The molecule has 1 aromatic heterocycles. The molecule has 0 N–H and O–H groups in total. The van der Waals surface area contributed by atoms with E-state index in [1.54, 1.807) is 12.1 Å². The summed E-state index contributed by atoms with van der Waals surface area (Å²) in [5.41, 5.74) is 1.16. The van der Waals surface area contributed by atoms with Gasteiger partial charge in [0.1, 0.15) is 6.07 Å². The standard InChI is InChI=1S/C16H15N3O4/c1-3-6-23-16-10-18-13(7-12(16)9-17)11-4-5-15(22-2)14(8-11)19(20)21/h4-5,7-8,10H,3,6H2,1-2H3. The van der Waals surface area contributed by atoms with Crippen LogP contribution in [0.25, 0.3) is 11.3 Å². The van der Waals surface area contributed by atoms with Gasteiger partial charge in [0.05, 0.1) is 36.1 Å². The third kappa shape index (κ3) is 3.55. The fourth-order valence-corrected chi connectivity index (χ4v) is 2.01. The fourth-order valence-electron chi connectivity index (χ4n) is 2.01. The van der Waals surface area contributed by atoms with E-state index in [0.717, 1.165) is 6.42 Å². The largest absolute Gasteiger partial charge is 0.491 e. The minimum atomic E-state index is -0.522. The van der Waals surface area contributed by atoms with E-state index >= 15 is 0 Å². The van der Waals surface area contributed by atoms with Crippen molar-refractivity contribution in [3.8, 4) is 28.8 Å². The van der Waals surface area contributed by atoms with Gasteiger partial charge in [-0.25, -0.2) is 0 Å². The van der Waals surface area contributed by atoms with Crippen molar-refractivity contribution in [1.29, 1.82) is 5.26 Å². The number of nitrogens with zero attached hydrogens (tertiary/aromatic N) is 3. The van der Waals surface area contributed by atoms with Crippen LogP contribution in [-0.4, -0.2) is 23.6 Å². The number of nitro benzene ring substituents is 1. The molecule has 0 radical (unpaired) electrons. The van der Waals surface area contributed by atoms with Gasteiger partial charge >= 0.3 is 5.69 Å². The summed E-state index contributed by atoms with van der Waals surface area (Å²) in [5.74, 6) is 0.572. The number of rotatable bonds is 6. The third-order valence-corrected chi connectivity index (χ3v) is 3.12. The Balaban J connectivity index is 2.44. The lowest BCUT2D eigenvalue weighted by Gasteiger charge is -2.08. The molecule has 23 heavy (non-hydrogen) atoms. The Kier molecular flexibility index (Phi) is 5.10. The lowest BCUT2D eigenvalue weighted by atomic mass is 10.1. The normalized spacial score (nSPS) is 9.96. The highest BCUT2D eigenvalue weighted by Crippen LogP contribution is 2.32. The van der Waals surface area contributed by atoms with Gasteiger partial charge in [0.2, 0.25) is 0 Å². The summed E-state index contributed by atoms with van der Waals surface area (Å²) in [4.78, 5) is 14.8. The van der Waals surface area contributed by atoms with Gasteiger partial charge in [-0.2, -0.15) is 5.26 Å². The van der Waals surface area contributed by atoms with Crippen LogP contribution in [0, 0.1) is 21.4 Å². The molecule has 0 bridgehead atoms. The average molecular weight is 313 g/mol. The Morgan fingerprint density at radius 2 is 2.13 bits per heavy atom. The fraction of sp³-hybridized carbons (Fsp3) is 0.250. The van der Waals surface area contributed by atoms with Crippen molar-refractivity contribution in [3.05, 3.63) is 46.1 Å². The molecule has 0 aliphatic rings. The van der Waals surface area contributed by atoms with Gasteiger partial charge < -0.3 is 9.47 Å². The minimum Gasteiger partial charge on any atom is -0.491 e. The molecule has 0 unspecified atom stereocenters. The van der Waals surface area contributed by atoms with E-state index in [0.29, 0.717) is 29.2 Å². The molecule has 7 heteroatoms. The lowest BCUT2D eigenvalue weighted by Crippen LogP contribution is -1.99. The van der Waals surface area contributed by atoms with Gasteiger partial charge in [-0.05, 0) is 24.6 Å². The van der Waals surface area contributed by atoms with Gasteiger partial charge in [-0.1, -0.05) is 6.92 Å². The zero-order valence-electron chi connectivity index (χ0n) is 12.8. The van der Waals surface area contributed by atoms with Crippen LogP contribution < -0.4 is 9.47 Å². The van der Waals surface area contributed by atoms with E-state index in [2.05, 4.69) is 11.1 Å². The summed E-state index contributed by atoms with van der Waals surface area (Å²) in [6.45, 7) is 2.45. The molecule has 0 atom stereocenters. The monoisotopic (exact) mass is 313 g/mol. The molecular weight excluding hydrogens is 298 g/mol. The molecule has 0 aliphatic carbocycles. The molecule has 0 spiro atoms. The Hall–Kier alpha value is -3.14. The first-order chi connectivity index (χ1) is 11.1. The summed E-state index contributed by atoms with van der Waals surface area (Å²) in [6.07, 6.45) is 2.27. The van der Waals surface area contributed by atoms with Crippen LogP contribution in [0.4, 0.5) is 5.69 Å². The van der Waals surface area contributed by atoms with E-state index in [4.69, 9.17) is 9.47 Å². The summed E-state index contributed by atoms with van der Waals surface area (Å²) >= 11 is 0. The molecule has 7 nitrogen and oxygen atoms in total. The SMILES string of the molecule is CCCOc1cnc(-c2ccc(OC)c([N+](=O)[O-])c2)cc1C#N. The van der Waals surface area contributed by atoms with Gasteiger partial charge in [-0.3, -0.25) is 15.1 Å². The molecule has 1 heterocycles. The van der Waals surface area contributed by atoms with Crippen LogP contribution in [0.1, 0.15) is 18.9 Å². The van der Waals surface area contributed by atoms with Gasteiger partial charge in [0.25, 0.3) is 0 Å². The molecule has 0 amide bonds. The van der Waals surface area contributed by atoms with Crippen LogP contribution in [0.2, 0.25) is 0 Å². The van der Waals surface area contributed by atoms with Crippen LogP contribution in [-0.2, 0) is 0 Å². The van der Waals surface area contributed by atoms with Crippen molar-refractivity contribution in [3.63, 3.8) is 0 Å². The van der Waals surface area contributed by atoms with Crippen molar-refractivity contribution in [2.24, 2.45) is 0 Å². The number of nitro groups is 1. The smallest absolute Gasteiger partial charge is 0.311 e. The number of nitriles is 1. The number of hydrogen-bond donors (Lipinski definition) is 0. The maximum Gasteiger partial charge on any atom is 0.311 e. The van der Waals surface area contributed by atoms with Crippen LogP contribution >= 0.6 is 0 Å². The predicted octanol–water partition coefficient (Wildman–Crippen LogP) is 3.33. The lowest BCUT2D eigenvalue weighted by molar-refractivity contribution is -0.385. The second kappa shape index (κ2) is 7.22. The van der Waals surface area contributed by atoms with Gasteiger partial charge in [0, 0.05) is 11.6 Å². The Labute approximate surface area is 133 Å². The maximum atomic E-state index is 11.1. The first-order valence-corrected chi connectivity index (χ1v) is 6.96. The second-order valence-corrected chi connectivity index (χ2v) is 4.67. The number of methoxy groups -OCH3 is 1. The summed E-state index contributed by atoms with van der Waals surface area (Å²) < 4.78 is 10.4. The summed E-state index contributed by atoms with van der Waals surface area (Å²) in [5, 5.41) is 20.3. The number of aromatic nitrogens is 1. The quantitative estimate of drug-likeness (QED) is 0.599. The zero-order valence-corrected chi connectivity index (χ0v) is 12.8. The second-order valence-electron chi connectivity index (χ2n) is 4.67. The van der Waals surface area contributed by atoms with Crippen molar-refractivity contribution in [2.75, 3.05) is 13.7 Å². The number of ether oxygens (including phenoxy) is 2. The number of pyridine rings is 1. The van der Waals surface area contributed by atoms with Gasteiger partial charge in [-0.15, -0.1) is 0 Å². The van der Waals surface area contributed by atoms with E-state index in [1.807, 2.05) is 6.92 Å². The first-order valence-electron chi connectivity index (χ1n) is 6.96. The molecule has 118 valence electrons. The molecule has 0 aliphatic heterocycles. The molecule has 2 aromatic rings. The van der Waals surface area contributed by atoms with Crippen molar-refractivity contribution in [1.82, 2.24) is 4.98 Å². The maximum absolute atomic E-state index is 11.1. The number of benzene rings is 1. The van der Waals surface area contributed by atoms with Crippen LogP contribution in [0.5, 0.6) is 11.5 Å². The molecule has 2 rings (SSSR count). The van der Waals surface area contributed by atoms with Crippen LogP contribution in [0.15, 0.2) is 30.5 Å². The molecule has 0 saturated heterocycles. The van der Waals surface area contributed by atoms with E-state index in [-0.39, 0.29) is 11.4 Å². The van der Waals surface area contributed by atoms with Crippen molar-refractivity contribution in [2.45, 2.75) is 13.3 Å². The molecule has 1 aromatic carbocycles. The Bertz CT molecular complexity index is 768. The predicted molar refractivity (Wildman–Crippen MR) is 83.4 cm³/mol. The third-order valence-electron chi connectivity index (χ3n) is 3.12. The van der Waals surface area contributed by atoms with E-state index in [1.165, 1.54) is 25.4 Å². The molecule has 0 saturated carbocycles. The zero-order chi connectivity index (χ0) is 16.8. The minimum absolute atomic E-state index is 0.156. The summed E-state index contributed by atoms with van der Waals surface area (Å²) in [7, 11) is 1.37. The van der Waals surface area contributed by atoms with Crippen LogP contribution in [0.3, 0.4) is 0 Å². The van der Waals surface area contributed by atoms with Crippen molar-refractivity contribution < 1.29 is 14.4 Å². The average Bonchev–Trinajstić information content (AvgIpc) is 2.59. The molecular formula is C16H15N3O4. The first kappa shape index (κ1) is 16.2. The van der Waals surface area contributed by atoms with E-state index < -0.39 is 4.92 Å². The summed E-state index contributed by atoms with van der Waals surface area (Å²) in [6, 6.07) is 8.13. The highest BCUT2D eigenvalue weighted by molar-refractivity contribution is 5.68.